The molecule has 56 valence electrons. The van der Waals surface area contributed by atoms with E-state index in [9.17, 15) is 0 Å². The fraction of sp³-hybridized carbons (Fsp3) is 0.625. The van der Waals surface area contributed by atoms with Crippen LogP contribution in [0.25, 0.3) is 0 Å². The summed E-state index contributed by atoms with van der Waals surface area (Å²) in [5.41, 5.74) is 0.616. The maximum absolute atomic E-state index is 8.51. The van der Waals surface area contributed by atoms with Gasteiger partial charge in [-0.05, 0) is 27.7 Å². The van der Waals surface area contributed by atoms with Crippen molar-refractivity contribution < 1.29 is 0 Å². The molecule has 0 fully saturated rings. The summed E-state index contributed by atoms with van der Waals surface area (Å²) in [6.07, 6.45) is 1.77. The van der Waals surface area contributed by atoms with Gasteiger partial charge in [0.05, 0.1) is 0 Å². The molecule has 0 atom stereocenters. The van der Waals surface area contributed by atoms with E-state index in [1.807, 2.05) is 27.7 Å². The monoisotopic (exact) mass is 138 g/mol. The SMILES string of the molecule is C/C=C(/C#N)NC(C)(C)C. The second-order valence-corrected chi connectivity index (χ2v) is 3.19. The molecule has 0 amide bonds. The van der Waals surface area contributed by atoms with Gasteiger partial charge in [0.2, 0.25) is 0 Å². The molecular weight excluding hydrogens is 124 g/mol. The molecule has 0 aliphatic carbocycles. The van der Waals surface area contributed by atoms with Crippen molar-refractivity contribution in [2.45, 2.75) is 33.2 Å². The highest BCUT2D eigenvalue weighted by molar-refractivity contribution is 5.18. The van der Waals surface area contributed by atoms with Crippen LogP contribution in [-0.2, 0) is 0 Å². The second kappa shape index (κ2) is 3.26. The first kappa shape index (κ1) is 9.03. The van der Waals surface area contributed by atoms with Crippen LogP contribution in [0.15, 0.2) is 11.8 Å². The van der Waals surface area contributed by atoms with Gasteiger partial charge in [-0.15, -0.1) is 0 Å². The summed E-state index contributed by atoms with van der Waals surface area (Å²) in [6, 6.07) is 2.06. The zero-order valence-corrected chi connectivity index (χ0v) is 7.02. The topological polar surface area (TPSA) is 35.8 Å². The third-order valence-corrected chi connectivity index (χ3v) is 0.919. The quantitative estimate of drug-likeness (QED) is 0.561. The van der Waals surface area contributed by atoms with Crippen LogP contribution in [0, 0.1) is 11.3 Å². The summed E-state index contributed by atoms with van der Waals surface area (Å²) >= 11 is 0. The second-order valence-electron chi connectivity index (χ2n) is 3.19. The lowest BCUT2D eigenvalue weighted by atomic mass is 10.1. The third-order valence-electron chi connectivity index (χ3n) is 0.919. The van der Waals surface area contributed by atoms with Gasteiger partial charge in [-0.1, -0.05) is 6.08 Å². The predicted molar refractivity (Wildman–Crippen MR) is 42.3 cm³/mol. The van der Waals surface area contributed by atoms with Crippen LogP contribution in [0.4, 0.5) is 0 Å². The highest BCUT2D eigenvalue weighted by Gasteiger charge is 2.09. The van der Waals surface area contributed by atoms with Gasteiger partial charge in [0.1, 0.15) is 11.8 Å². The van der Waals surface area contributed by atoms with Crippen molar-refractivity contribution in [3.63, 3.8) is 0 Å². The first-order valence-electron chi connectivity index (χ1n) is 3.34. The molecule has 0 aromatic carbocycles. The molecule has 0 saturated heterocycles. The van der Waals surface area contributed by atoms with Gasteiger partial charge >= 0.3 is 0 Å². The summed E-state index contributed by atoms with van der Waals surface area (Å²) in [6.45, 7) is 7.91. The highest BCUT2D eigenvalue weighted by Crippen LogP contribution is 2.01. The van der Waals surface area contributed by atoms with Gasteiger partial charge in [-0.25, -0.2) is 0 Å². The molecule has 0 bridgehead atoms. The molecule has 0 radical (unpaired) electrons. The normalized spacial score (nSPS) is 12.5. The van der Waals surface area contributed by atoms with E-state index in [1.165, 1.54) is 0 Å². The molecule has 10 heavy (non-hydrogen) atoms. The van der Waals surface area contributed by atoms with Crippen LogP contribution in [0.1, 0.15) is 27.7 Å². The van der Waals surface area contributed by atoms with E-state index < -0.39 is 0 Å². The molecule has 0 aliphatic heterocycles. The fourth-order valence-electron chi connectivity index (χ4n) is 0.569. The van der Waals surface area contributed by atoms with Gasteiger partial charge in [-0.2, -0.15) is 5.26 Å². The summed E-state index contributed by atoms with van der Waals surface area (Å²) in [7, 11) is 0. The van der Waals surface area contributed by atoms with Gasteiger partial charge in [0.25, 0.3) is 0 Å². The van der Waals surface area contributed by atoms with Crippen LogP contribution in [-0.4, -0.2) is 5.54 Å². The van der Waals surface area contributed by atoms with E-state index in [4.69, 9.17) is 5.26 Å². The van der Waals surface area contributed by atoms with Crippen LogP contribution in [0.2, 0.25) is 0 Å². The molecule has 0 unspecified atom stereocenters. The highest BCUT2D eigenvalue weighted by atomic mass is 15.0. The Kier molecular flexibility index (Phi) is 2.95. The zero-order chi connectivity index (χ0) is 8.20. The third kappa shape index (κ3) is 3.96. The average molecular weight is 138 g/mol. The number of allylic oxidation sites excluding steroid dienone is 2. The largest absolute Gasteiger partial charge is 0.372 e. The smallest absolute Gasteiger partial charge is 0.117 e. The Morgan fingerprint density at radius 2 is 2.00 bits per heavy atom. The van der Waals surface area contributed by atoms with Crippen molar-refractivity contribution in [3.05, 3.63) is 11.8 Å². The van der Waals surface area contributed by atoms with Crippen LogP contribution in [0.3, 0.4) is 0 Å². The Bertz CT molecular complexity index is 167. The minimum Gasteiger partial charge on any atom is -0.372 e. The minimum atomic E-state index is -0.0163. The van der Waals surface area contributed by atoms with E-state index in [0.29, 0.717) is 5.70 Å². The summed E-state index contributed by atoms with van der Waals surface area (Å²) in [4.78, 5) is 0. The van der Waals surface area contributed by atoms with E-state index >= 15 is 0 Å². The lowest BCUT2D eigenvalue weighted by Crippen LogP contribution is -2.34. The standard InChI is InChI=1S/C8H14N2/c1-5-7(6-9)10-8(2,3)4/h5,10H,1-4H3/b7-5-. The van der Waals surface area contributed by atoms with Crippen molar-refractivity contribution in [1.29, 1.82) is 5.26 Å². The molecule has 1 N–H and O–H groups in total. The zero-order valence-electron chi connectivity index (χ0n) is 7.02. The van der Waals surface area contributed by atoms with Gasteiger partial charge in [0, 0.05) is 5.54 Å². The van der Waals surface area contributed by atoms with E-state index in [2.05, 4.69) is 11.4 Å². The Morgan fingerprint density at radius 3 is 2.10 bits per heavy atom. The molecule has 0 aromatic rings. The molecule has 0 saturated carbocycles. The molecule has 0 heterocycles. The summed E-state index contributed by atoms with van der Waals surface area (Å²) < 4.78 is 0. The molecular formula is C8H14N2. The number of nitriles is 1. The number of nitrogens with one attached hydrogen (secondary N) is 1. The maximum atomic E-state index is 8.51. The van der Waals surface area contributed by atoms with E-state index in [-0.39, 0.29) is 5.54 Å². The first-order chi connectivity index (χ1) is 4.49. The van der Waals surface area contributed by atoms with Gasteiger partial charge < -0.3 is 5.32 Å². The van der Waals surface area contributed by atoms with Gasteiger partial charge in [0.15, 0.2) is 0 Å². The first-order valence-corrected chi connectivity index (χ1v) is 3.34. The molecule has 2 heteroatoms. The van der Waals surface area contributed by atoms with Crippen molar-refractivity contribution >= 4 is 0 Å². The van der Waals surface area contributed by atoms with Crippen LogP contribution in [0.5, 0.6) is 0 Å². The van der Waals surface area contributed by atoms with Crippen molar-refractivity contribution in [1.82, 2.24) is 5.32 Å². The molecule has 0 aromatic heterocycles. The minimum absolute atomic E-state index is 0.0163. The van der Waals surface area contributed by atoms with Crippen LogP contribution >= 0.6 is 0 Å². The summed E-state index contributed by atoms with van der Waals surface area (Å²) in [5, 5.41) is 11.6. The average Bonchev–Trinajstić information content (AvgIpc) is 1.81. The maximum Gasteiger partial charge on any atom is 0.117 e. The predicted octanol–water partition coefficient (Wildman–Crippen LogP) is 1.80. The van der Waals surface area contributed by atoms with Crippen LogP contribution < -0.4 is 5.32 Å². The lowest BCUT2D eigenvalue weighted by Gasteiger charge is -2.20. The van der Waals surface area contributed by atoms with E-state index in [0.717, 1.165) is 0 Å². The summed E-state index contributed by atoms with van der Waals surface area (Å²) in [5.74, 6) is 0. The van der Waals surface area contributed by atoms with E-state index in [1.54, 1.807) is 6.08 Å². The Balaban J connectivity index is 4.05. The molecule has 2 nitrogen and oxygen atoms in total. The Labute approximate surface area is 62.5 Å². The Morgan fingerprint density at radius 1 is 1.50 bits per heavy atom. The number of hydrogen-bond acceptors (Lipinski definition) is 2. The van der Waals surface area contributed by atoms with Crippen molar-refractivity contribution in [2.75, 3.05) is 0 Å². The number of nitrogens with zero attached hydrogens (tertiary/aromatic N) is 1. The lowest BCUT2D eigenvalue weighted by molar-refractivity contribution is 0.480. The Hall–Kier alpha value is -0.970. The van der Waals surface area contributed by atoms with Gasteiger partial charge in [-0.3, -0.25) is 0 Å². The molecule has 0 spiro atoms. The number of rotatable bonds is 1. The van der Waals surface area contributed by atoms with Crippen molar-refractivity contribution in [3.8, 4) is 6.07 Å². The fourth-order valence-corrected chi connectivity index (χ4v) is 0.569. The van der Waals surface area contributed by atoms with Crippen molar-refractivity contribution in [2.24, 2.45) is 0 Å². The molecule has 0 rings (SSSR count). The number of hydrogen-bond donors (Lipinski definition) is 1. The molecule has 0 aliphatic rings.